The second-order valence-electron chi connectivity index (χ2n) is 6.11. The summed E-state index contributed by atoms with van der Waals surface area (Å²) in [6.07, 6.45) is 1.85. The van der Waals surface area contributed by atoms with Crippen molar-refractivity contribution < 1.29 is 9.90 Å². The monoisotopic (exact) mass is 221 g/mol. The first-order chi connectivity index (χ1) is 7.12. The molecule has 1 rings (SSSR count). The molecule has 0 aromatic carbocycles. The third kappa shape index (κ3) is 2.11. The molecule has 3 nitrogen and oxygen atoms in total. The Labute approximate surface area is 96.8 Å². The van der Waals surface area contributed by atoms with Crippen molar-refractivity contribution in [2.24, 2.45) is 22.7 Å². The minimum Gasteiger partial charge on any atom is -0.481 e. The molecule has 1 aliphatic carbocycles. The fourth-order valence-electron chi connectivity index (χ4n) is 2.09. The van der Waals surface area contributed by atoms with Gasteiger partial charge in [0.1, 0.15) is 0 Å². The van der Waals surface area contributed by atoms with Crippen molar-refractivity contribution in [1.29, 1.82) is 5.26 Å². The SMILES string of the molecule is CC(C)(C)/C(C#N)=C/C1C(C(=O)O)C1(C)C. The molecule has 88 valence electrons. The maximum Gasteiger partial charge on any atom is 0.307 e. The van der Waals surface area contributed by atoms with Crippen LogP contribution in [0.25, 0.3) is 0 Å². The Morgan fingerprint density at radius 1 is 1.44 bits per heavy atom. The lowest BCUT2D eigenvalue weighted by Crippen LogP contribution is -2.08. The van der Waals surface area contributed by atoms with Crippen molar-refractivity contribution in [2.45, 2.75) is 34.6 Å². The summed E-state index contributed by atoms with van der Waals surface area (Å²) in [6.45, 7) is 9.77. The van der Waals surface area contributed by atoms with Crippen molar-refractivity contribution >= 4 is 5.97 Å². The lowest BCUT2D eigenvalue weighted by molar-refractivity contribution is -0.139. The van der Waals surface area contributed by atoms with E-state index in [2.05, 4.69) is 6.07 Å². The van der Waals surface area contributed by atoms with Crippen LogP contribution in [0.3, 0.4) is 0 Å². The van der Waals surface area contributed by atoms with Crippen molar-refractivity contribution in [1.82, 2.24) is 0 Å². The summed E-state index contributed by atoms with van der Waals surface area (Å²) in [4.78, 5) is 11.0. The zero-order chi connectivity index (χ0) is 12.7. The van der Waals surface area contributed by atoms with Gasteiger partial charge >= 0.3 is 5.97 Å². The zero-order valence-electron chi connectivity index (χ0n) is 10.5. The van der Waals surface area contributed by atoms with E-state index in [9.17, 15) is 4.79 Å². The molecule has 1 aliphatic rings. The van der Waals surface area contributed by atoms with E-state index in [1.807, 2.05) is 40.7 Å². The summed E-state index contributed by atoms with van der Waals surface area (Å²) in [5, 5.41) is 18.1. The third-order valence-corrected chi connectivity index (χ3v) is 3.45. The minimum absolute atomic E-state index is 0.0149. The number of aliphatic carboxylic acids is 1. The van der Waals surface area contributed by atoms with Crippen LogP contribution in [0.2, 0.25) is 0 Å². The lowest BCUT2D eigenvalue weighted by Gasteiger charge is -2.17. The standard InChI is InChI=1S/C13H19NO2/c1-12(2,3)8(7-14)6-9-10(11(15)16)13(9,4)5/h6,9-10H,1-5H3,(H,15,16)/b8-6+. The van der Waals surface area contributed by atoms with Crippen LogP contribution < -0.4 is 0 Å². The van der Waals surface area contributed by atoms with Crippen LogP contribution in [0, 0.1) is 34.0 Å². The van der Waals surface area contributed by atoms with Crippen LogP contribution in [-0.2, 0) is 4.79 Å². The number of carboxylic acids is 1. The topological polar surface area (TPSA) is 61.1 Å². The minimum atomic E-state index is -0.766. The van der Waals surface area contributed by atoms with E-state index in [4.69, 9.17) is 10.4 Å². The number of carbonyl (C=O) groups is 1. The Balaban J connectivity index is 2.96. The summed E-state index contributed by atoms with van der Waals surface area (Å²) in [5.74, 6) is -1.13. The molecule has 0 heterocycles. The van der Waals surface area contributed by atoms with Crippen LogP contribution in [0.5, 0.6) is 0 Å². The van der Waals surface area contributed by atoms with Gasteiger partial charge in [-0.05, 0) is 16.7 Å². The van der Waals surface area contributed by atoms with E-state index in [1.54, 1.807) is 0 Å². The van der Waals surface area contributed by atoms with E-state index in [1.165, 1.54) is 0 Å². The smallest absolute Gasteiger partial charge is 0.307 e. The van der Waals surface area contributed by atoms with E-state index in [0.29, 0.717) is 5.57 Å². The molecule has 0 aliphatic heterocycles. The zero-order valence-corrected chi connectivity index (χ0v) is 10.5. The Morgan fingerprint density at radius 3 is 2.19 bits per heavy atom. The van der Waals surface area contributed by atoms with E-state index in [0.717, 1.165) is 0 Å². The van der Waals surface area contributed by atoms with Gasteiger partial charge in [0, 0.05) is 5.57 Å². The summed E-state index contributed by atoms with van der Waals surface area (Å²) >= 11 is 0. The molecule has 1 fully saturated rings. The van der Waals surface area contributed by atoms with Gasteiger partial charge in [-0.1, -0.05) is 40.7 Å². The van der Waals surface area contributed by atoms with Crippen LogP contribution in [0.15, 0.2) is 11.6 Å². The highest BCUT2D eigenvalue weighted by atomic mass is 16.4. The van der Waals surface area contributed by atoms with E-state index < -0.39 is 5.97 Å². The van der Waals surface area contributed by atoms with E-state index in [-0.39, 0.29) is 22.7 Å². The van der Waals surface area contributed by atoms with Gasteiger partial charge in [0.15, 0.2) is 0 Å². The molecule has 1 saturated carbocycles. The Hall–Kier alpha value is -1.30. The third-order valence-electron chi connectivity index (χ3n) is 3.45. The van der Waals surface area contributed by atoms with Crippen LogP contribution in [0.4, 0.5) is 0 Å². The molecule has 0 amide bonds. The van der Waals surface area contributed by atoms with E-state index >= 15 is 0 Å². The van der Waals surface area contributed by atoms with Crippen LogP contribution in [0.1, 0.15) is 34.6 Å². The quantitative estimate of drug-likeness (QED) is 0.729. The first kappa shape index (κ1) is 12.8. The highest BCUT2D eigenvalue weighted by Crippen LogP contribution is 2.59. The summed E-state index contributed by atoms with van der Waals surface area (Å²) in [7, 11) is 0. The first-order valence-corrected chi connectivity index (χ1v) is 5.47. The summed E-state index contributed by atoms with van der Waals surface area (Å²) in [5.41, 5.74) is 0.240. The predicted octanol–water partition coefficient (Wildman–Crippen LogP) is 2.84. The lowest BCUT2D eigenvalue weighted by atomic mass is 9.86. The van der Waals surface area contributed by atoms with Crippen molar-refractivity contribution in [3.63, 3.8) is 0 Å². The van der Waals surface area contributed by atoms with Gasteiger partial charge in [0.05, 0.1) is 12.0 Å². The molecular formula is C13H19NO2. The Kier molecular flexibility index (Phi) is 2.89. The average Bonchev–Trinajstić information content (AvgIpc) is 2.61. The molecule has 0 aromatic rings. The summed E-state index contributed by atoms with van der Waals surface area (Å²) < 4.78 is 0. The van der Waals surface area contributed by atoms with Gasteiger partial charge in [0.25, 0.3) is 0 Å². The molecule has 1 N–H and O–H groups in total. The molecule has 0 spiro atoms. The molecule has 0 radical (unpaired) electrons. The summed E-state index contributed by atoms with van der Waals surface area (Å²) in [6, 6.07) is 2.18. The average molecular weight is 221 g/mol. The molecular weight excluding hydrogens is 202 g/mol. The number of rotatable bonds is 2. The van der Waals surface area contributed by atoms with Gasteiger partial charge in [-0.25, -0.2) is 0 Å². The van der Waals surface area contributed by atoms with Gasteiger partial charge in [-0.3, -0.25) is 4.79 Å². The Bertz CT molecular complexity index is 380. The van der Waals surface area contributed by atoms with Gasteiger partial charge in [0.2, 0.25) is 0 Å². The molecule has 0 bridgehead atoms. The van der Waals surface area contributed by atoms with Crippen molar-refractivity contribution in [2.75, 3.05) is 0 Å². The molecule has 0 aromatic heterocycles. The Morgan fingerprint density at radius 2 is 1.94 bits per heavy atom. The van der Waals surface area contributed by atoms with Gasteiger partial charge in [-0.15, -0.1) is 0 Å². The number of nitrogens with zero attached hydrogens (tertiary/aromatic N) is 1. The molecule has 3 heteroatoms. The molecule has 2 atom stereocenters. The number of carboxylic acid groups (broad SMARTS) is 1. The fourth-order valence-corrected chi connectivity index (χ4v) is 2.09. The number of nitriles is 1. The molecule has 0 saturated heterocycles. The number of allylic oxidation sites excluding steroid dienone is 2. The van der Waals surface area contributed by atoms with Crippen LogP contribution in [-0.4, -0.2) is 11.1 Å². The predicted molar refractivity (Wildman–Crippen MR) is 61.5 cm³/mol. The number of hydrogen-bond acceptors (Lipinski definition) is 2. The highest BCUT2D eigenvalue weighted by molar-refractivity contribution is 5.76. The molecule has 16 heavy (non-hydrogen) atoms. The largest absolute Gasteiger partial charge is 0.481 e. The molecule has 2 unspecified atom stereocenters. The van der Waals surface area contributed by atoms with Crippen LogP contribution >= 0.6 is 0 Å². The second kappa shape index (κ2) is 3.62. The first-order valence-electron chi connectivity index (χ1n) is 5.47. The second-order valence-corrected chi connectivity index (χ2v) is 6.11. The van der Waals surface area contributed by atoms with Gasteiger partial charge < -0.3 is 5.11 Å². The van der Waals surface area contributed by atoms with Crippen molar-refractivity contribution in [3.8, 4) is 6.07 Å². The fraction of sp³-hybridized carbons (Fsp3) is 0.692. The maximum absolute atomic E-state index is 11.0. The maximum atomic E-state index is 11.0. The van der Waals surface area contributed by atoms with Gasteiger partial charge in [-0.2, -0.15) is 5.26 Å². The highest BCUT2D eigenvalue weighted by Gasteiger charge is 2.61. The van der Waals surface area contributed by atoms with Crippen molar-refractivity contribution in [3.05, 3.63) is 11.6 Å². The number of hydrogen-bond donors (Lipinski definition) is 1. The normalized spacial score (nSPS) is 28.4.